The summed E-state index contributed by atoms with van der Waals surface area (Å²) in [5, 5.41) is 14.7. The van der Waals surface area contributed by atoms with Crippen molar-refractivity contribution in [2.75, 3.05) is 50.5 Å². The van der Waals surface area contributed by atoms with Crippen molar-refractivity contribution >= 4 is 28.5 Å². The predicted molar refractivity (Wildman–Crippen MR) is 132 cm³/mol. The van der Waals surface area contributed by atoms with E-state index in [1.165, 1.54) is 25.9 Å². The van der Waals surface area contributed by atoms with Gasteiger partial charge in [-0.15, -0.1) is 0 Å². The van der Waals surface area contributed by atoms with Gasteiger partial charge in [-0.2, -0.15) is 10.1 Å². The zero-order valence-electron chi connectivity index (χ0n) is 19.9. The fourth-order valence-electron chi connectivity index (χ4n) is 4.04. The number of aromatic amines is 1. The number of nitrogens with zero attached hydrogens (tertiary/aromatic N) is 4. The van der Waals surface area contributed by atoms with E-state index in [2.05, 4.69) is 32.7 Å². The number of aromatic nitrogens is 4. The van der Waals surface area contributed by atoms with E-state index in [9.17, 15) is 0 Å². The van der Waals surface area contributed by atoms with Crippen LogP contribution in [0, 0.1) is 6.92 Å². The van der Waals surface area contributed by atoms with Crippen LogP contribution >= 0.6 is 0 Å². The molecule has 4 rings (SSSR count). The van der Waals surface area contributed by atoms with Crippen molar-refractivity contribution in [2.45, 2.75) is 46.0 Å². The van der Waals surface area contributed by atoms with E-state index < -0.39 is 0 Å². The zero-order chi connectivity index (χ0) is 23.0. The molecule has 0 saturated carbocycles. The first kappa shape index (κ1) is 23.1. The number of aryl methyl sites for hydroxylation is 1. The summed E-state index contributed by atoms with van der Waals surface area (Å²) in [5.41, 5.74) is 1.76. The van der Waals surface area contributed by atoms with Gasteiger partial charge in [0, 0.05) is 36.3 Å². The van der Waals surface area contributed by atoms with E-state index in [0.717, 1.165) is 48.9 Å². The van der Waals surface area contributed by atoms with Crippen LogP contribution in [0.15, 0.2) is 18.2 Å². The van der Waals surface area contributed by atoms with Crippen LogP contribution in [0.25, 0.3) is 10.9 Å². The maximum Gasteiger partial charge on any atom is 0.225 e. The largest absolute Gasteiger partial charge is 0.493 e. The van der Waals surface area contributed by atoms with Crippen molar-refractivity contribution in [1.82, 2.24) is 25.1 Å². The fourth-order valence-corrected chi connectivity index (χ4v) is 4.04. The summed E-state index contributed by atoms with van der Waals surface area (Å²) in [6, 6.07) is 5.81. The molecule has 0 atom stereocenters. The van der Waals surface area contributed by atoms with Gasteiger partial charge >= 0.3 is 0 Å². The molecule has 178 valence electrons. The summed E-state index contributed by atoms with van der Waals surface area (Å²) in [6.07, 6.45) is 5.76. The zero-order valence-corrected chi connectivity index (χ0v) is 19.9. The van der Waals surface area contributed by atoms with Gasteiger partial charge in [0.1, 0.15) is 5.82 Å². The Morgan fingerprint density at radius 3 is 2.67 bits per heavy atom. The molecule has 3 N–H and O–H groups in total. The molecule has 0 radical (unpaired) electrons. The minimum absolute atomic E-state index is 0.579. The first-order valence-corrected chi connectivity index (χ1v) is 11.9. The van der Waals surface area contributed by atoms with Gasteiger partial charge in [0.25, 0.3) is 0 Å². The highest BCUT2D eigenvalue weighted by molar-refractivity contribution is 5.94. The average molecular weight is 454 g/mol. The van der Waals surface area contributed by atoms with Crippen molar-refractivity contribution in [1.29, 1.82) is 0 Å². The lowest BCUT2D eigenvalue weighted by molar-refractivity contribution is 0.254. The van der Waals surface area contributed by atoms with Gasteiger partial charge in [0.15, 0.2) is 17.3 Å². The third kappa shape index (κ3) is 6.04. The van der Waals surface area contributed by atoms with E-state index in [-0.39, 0.29) is 0 Å². The standard InChI is InChI=1S/C24H35N7O2/c1-4-5-9-25-24-26-19-16-21(33-13-8-12-31-10-6-7-11-31)20(32-3)15-18(19)23(28-24)27-22-14-17(2)29-30-22/h14-16H,4-13H2,1-3H3,(H3,25,26,27,28,29,30). The summed E-state index contributed by atoms with van der Waals surface area (Å²) in [6.45, 7) is 9.06. The Balaban J connectivity index is 1.58. The normalized spacial score (nSPS) is 14.0. The number of hydrogen-bond donors (Lipinski definition) is 3. The van der Waals surface area contributed by atoms with Crippen LogP contribution in [0.4, 0.5) is 17.6 Å². The molecule has 3 aromatic rings. The van der Waals surface area contributed by atoms with Gasteiger partial charge in [-0.05, 0) is 51.8 Å². The predicted octanol–water partition coefficient (Wildman–Crippen LogP) is 4.49. The van der Waals surface area contributed by atoms with E-state index in [1.807, 2.05) is 25.1 Å². The van der Waals surface area contributed by atoms with Crippen LogP contribution in [-0.2, 0) is 0 Å². The molecule has 0 bridgehead atoms. The molecular weight excluding hydrogens is 418 g/mol. The van der Waals surface area contributed by atoms with Gasteiger partial charge in [0.05, 0.1) is 19.2 Å². The van der Waals surface area contributed by atoms with Gasteiger partial charge in [-0.25, -0.2) is 4.98 Å². The van der Waals surface area contributed by atoms with Gasteiger partial charge in [-0.1, -0.05) is 13.3 Å². The Morgan fingerprint density at radius 1 is 1.09 bits per heavy atom. The molecule has 33 heavy (non-hydrogen) atoms. The topological polar surface area (TPSA) is 100 Å². The second-order valence-corrected chi connectivity index (χ2v) is 8.51. The Morgan fingerprint density at radius 2 is 1.94 bits per heavy atom. The number of likely N-dealkylation sites (tertiary alicyclic amines) is 1. The first-order valence-electron chi connectivity index (χ1n) is 11.9. The van der Waals surface area contributed by atoms with Crippen molar-refractivity contribution < 1.29 is 9.47 Å². The number of ether oxygens (including phenoxy) is 2. The summed E-state index contributed by atoms with van der Waals surface area (Å²) < 4.78 is 11.8. The number of anilines is 3. The van der Waals surface area contributed by atoms with E-state index in [4.69, 9.17) is 19.4 Å². The van der Waals surface area contributed by atoms with Crippen LogP contribution in [-0.4, -0.2) is 65.0 Å². The van der Waals surface area contributed by atoms with Crippen molar-refractivity contribution in [3.8, 4) is 11.5 Å². The molecule has 0 aliphatic carbocycles. The SMILES string of the molecule is CCCCNc1nc(Nc2cc(C)[nH]n2)c2cc(OC)c(OCCCN3CCCC3)cc2n1. The molecule has 0 amide bonds. The lowest BCUT2D eigenvalue weighted by Crippen LogP contribution is -2.21. The third-order valence-corrected chi connectivity index (χ3v) is 5.82. The minimum atomic E-state index is 0.579. The molecule has 1 aliphatic rings. The molecule has 2 aromatic heterocycles. The van der Waals surface area contributed by atoms with Crippen LogP contribution in [0.2, 0.25) is 0 Å². The van der Waals surface area contributed by atoms with Crippen molar-refractivity contribution in [2.24, 2.45) is 0 Å². The molecule has 9 nitrogen and oxygen atoms in total. The second-order valence-electron chi connectivity index (χ2n) is 8.51. The summed E-state index contributed by atoms with van der Waals surface area (Å²) in [4.78, 5) is 12.0. The molecule has 3 heterocycles. The smallest absolute Gasteiger partial charge is 0.225 e. The number of fused-ring (bicyclic) bond motifs is 1. The summed E-state index contributed by atoms with van der Waals surface area (Å²) in [5.74, 6) is 3.32. The van der Waals surface area contributed by atoms with Crippen LogP contribution in [0.5, 0.6) is 11.5 Å². The Labute approximate surface area is 195 Å². The average Bonchev–Trinajstić information content (AvgIpc) is 3.48. The van der Waals surface area contributed by atoms with Crippen LogP contribution < -0.4 is 20.1 Å². The third-order valence-electron chi connectivity index (χ3n) is 5.82. The van der Waals surface area contributed by atoms with Crippen LogP contribution in [0.1, 0.15) is 44.7 Å². The van der Waals surface area contributed by atoms with Gasteiger partial charge < -0.3 is 25.0 Å². The lowest BCUT2D eigenvalue weighted by atomic mass is 10.2. The maximum atomic E-state index is 6.13. The molecular formula is C24H35N7O2. The Bertz CT molecular complexity index is 1050. The Kier molecular flexibility index (Phi) is 7.83. The molecule has 0 spiro atoms. The number of H-pyrrole nitrogens is 1. The fraction of sp³-hybridized carbons (Fsp3) is 0.542. The summed E-state index contributed by atoms with van der Waals surface area (Å²) >= 11 is 0. The van der Waals surface area contributed by atoms with E-state index >= 15 is 0 Å². The number of rotatable bonds is 12. The van der Waals surface area contributed by atoms with Gasteiger partial charge in [0.2, 0.25) is 5.95 Å². The summed E-state index contributed by atoms with van der Waals surface area (Å²) in [7, 11) is 1.66. The minimum Gasteiger partial charge on any atom is -0.493 e. The number of benzene rings is 1. The van der Waals surface area contributed by atoms with E-state index in [1.54, 1.807) is 7.11 Å². The highest BCUT2D eigenvalue weighted by Gasteiger charge is 2.16. The molecule has 0 unspecified atom stereocenters. The first-order chi connectivity index (χ1) is 16.2. The lowest BCUT2D eigenvalue weighted by Gasteiger charge is -2.16. The van der Waals surface area contributed by atoms with Crippen LogP contribution in [0.3, 0.4) is 0 Å². The molecule has 1 aromatic carbocycles. The number of methoxy groups -OCH3 is 1. The van der Waals surface area contributed by atoms with Crippen molar-refractivity contribution in [3.05, 3.63) is 23.9 Å². The molecule has 1 saturated heterocycles. The Hall–Kier alpha value is -3.07. The molecule has 1 aliphatic heterocycles. The molecule has 9 heteroatoms. The van der Waals surface area contributed by atoms with Gasteiger partial charge in [-0.3, -0.25) is 5.10 Å². The van der Waals surface area contributed by atoms with Crippen molar-refractivity contribution in [3.63, 3.8) is 0 Å². The monoisotopic (exact) mass is 453 g/mol. The highest BCUT2D eigenvalue weighted by Crippen LogP contribution is 2.35. The second kappa shape index (κ2) is 11.2. The molecule has 1 fully saturated rings. The number of nitrogens with one attached hydrogen (secondary N) is 3. The van der Waals surface area contributed by atoms with E-state index in [0.29, 0.717) is 35.7 Å². The highest BCUT2D eigenvalue weighted by atomic mass is 16.5. The maximum absolute atomic E-state index is 6.13. The number of unbranched alkanes of at least 4 members (excludes halogenated alkanes) is 1. The number of hydrogen-bond acceptors (Lipinski definition) is 8. The quantitative estimate of drug-likeness (QED) is 0.345.